The highest BCUT2D eigenvalue weighted by Crippen LogP contribution is 2.32. The predicted molar refractivity (Wildman–Crippen MR) is 91.5 cm³/mol. The van der Waals surface area contributed by atoms with Crippen LogP contribution >= 0.6 is 0 Å². The van der Waals surface area contributed by atoms with Crippen LogP contribution in [0.3, 0.4) is 0 Å². The van der Waals surface area contributed by atoms with Crippen LogP contribution in [0.4, 0.5) is 0 Å². The summed E-state index contributed by atoms with van der Waals surface area (Å²) in [5.41, 5.74) is -1.65. The van der Waals surface area contributed by atoms with Gasteiger partial charge in [-0.05, 0) is 30.7 Å². The Bertz CT molecular complexity index is 716. The molecule has 148 valence electrons. The number of phenolic OH excluding ortho intramolecular Hbond substituents is 2. The van der Waals surface area contributed by atoms with Crippen LogP contribution in [0.25, 0.3) is 6.08 Å². The maximum atomic E-state index is 11.9. The van der Waals surface area contributed by atoms with Crippen molar-refractivity contribution in [3.05, 3.63) is 29.8 Å². The summed E-state index contributed by atoms with van der Waals surface area (Å²) in [7, 11) is 0. The van der Waals surface area contributed by atoms with Crippen LogP contribution in [0.1, 0.15) is 25.3 Å². The van der Waals surface area contributed by atoms with Crippen molar-refractivity contribution in [1.29, 1.82) is 0 Å². The molecule has 1 aromatic rings. The highest BCUT2D eigenvalue weighted by molar-refractivity contribution is 5.87. The Morgan fingerprint density at radius 2 is 1.81 bits per heavy atom. The summed E-state index contributed by atoms with van der Waals surface area (Å²) in [5.74, 6) is -2.51. The maximum Gasteiger partial charge on any atom is 0.338 e. The fourth-order valence-corrected chi connectivity index (χ4v) is 2.84. The van der Waals surface area contributed by atoms with Gasteiger partial charge in [-0.2, -0.15) is 0 Å². The second kappa shape index (κ2) is 8.38. The van der Waals surface area contributed by atoms with E-state index in [-0.39, 0.29) is 18.1 Å². The molecule has 1 fully saturated rings. The van der Waals surface area contributed by atoms with Gasteiger partial charge in [-0.25, -0.2) is 9.59 Å². The van der Waals surface area contributed by atoms with Crippen molar-refractivity contribution in [2.24, 2.45) is 0 Å². The molecule has 0 saturated heterocycles. The Morgan fingerprint density at radius 1 is 1.19 bits per heavy atom. The predicted octanol–water partition coefficient (Wildman–Crippen LogP) is -0.167. The summed E-state index contributed by atoms with van der Waals surface area (Å²) in [6, 6.07) is 3.91. The summed E-state index contributed by atoms with van der Waals surface area (Å²) in [6.07, 6.45) is -2.86. The van der Waals surface area contributed by atoms with E-state index < -0.39 is 48.7 Å². The zero-order chi connectivity index (χ0) is 20.2. The van der Waals surface area contributed by atoms with E-state index in [1.54, 1.807) is 6.92 Å². The molecule has 0 heterocycles. The Hall–Kier alpha value is -2.62. The Labute approximate surface area is 155 Å². The van der Waals surface area contributed by atoms with Crippen LogP contribution in [0.15, 0.2) is 24.3 Å². The number of aromatic hydroxyl groups is 2. The Balaban J connectivity index is 2.00. The van der Waals surface area contributed by atoms with Gasteiger partial charge in [0, 0.05) is 18.9 Å². The molecule has 0 spiro atoms. The Kier molecular flexibility index (Phi) is 6.42. The molecule has 5 N–H and O–H groups in total. The van der Waals surface area contributed by atoms with Gasteiger partial charge in [0.15, 0.2) is 23.2 Å². The molecule has 9 nitrogen and oxygen atoms in total. The average Bonchev–Trinajstić information content (AvgIpc) is 2.59. The minimum absolute atomic E-state index is 0.0311. The first kappa shape index (κ1) is 20.7. The molecule has 9 heteroatoms. The van der Waals surface area contributed by atoms with Crippen LogP contribution < -0.4 is 0 Å². The van der Waals surface area contributed by atoms with Gasteiger partial charge in [-0.1, -0.05) is 6.07 Å². The summed E-state index contributed by atoms with van der Waals surface area (Å²) >= 11 is 0. The molecule has 1 saturated carbocycles. The van der Waals surface area contributed by atoms with E-state index in [1.807, 2.05) is 0 Å². The van der Waals surface area contributed by atoms with Crippen LogP contribution in [0.2, 0.25) is 0 Å². The number of benzene rings is 1. The van der Waals surface area contributed by atoms with E-state index in [9.17, 15) is 35.1 Å². The number of hydrogen-bond acceptors (Lipinski definition) is 9. The number of esters is 2. The smallest absolute Gasteiger partial charge is 0.338 e. The van der Waals surface area contributed by atoms with Crippen molar-refractivity contribution < 1.29 is 44.6 Å². The largest absolute Gasteiger partial charge is 0.504 e. The van der Waals surface area contributed by atoms with Crippen molar-refractivity contribution in [3.63, 3.8) is 0 Å². The second-order valence-electron chi connectivity index (χ2n) is 6.28. The van der Waals surface area contributed by atoms with E-state index in [2.05, 4.69) is 0 Å². The van der Waals surface area contributed by atoms with E-state index in [4.69, 9.17) is 9.47 Å². The van der Waals surface area contributed by atoms with Gasteiger partial charge in [0.2, 0.25) is 0 Å². The first-order chi connectivity index (χ1) is 12.7. The first-order valence-electron chi connectivity index (χ1n) is 8.32. The lowest BCUT2D eigenvalue weighted by Crippen LogP contribution is -2.57. The number of rotatable bonds is 5. The van der Waals surface area contributed by atoms with Gasteiger partial charge in [-0.3, -0.25) is 0 Å². The SMILES string of the molecule is CCOC(=O)C1(O)C[C@@H](O)C(OC(=O)/C=C/c2ccc(O)c(O)c2)[C@H](O)C1. The zero-order valence-corrected chi connectivity index (χ0v) is 14.6. The van der Waals surface area contributed by atoms with Gasteiger partial charge in [0.1, 0.15) is 0 Å². The average molecular weight is 382 g/mol. The Morgan fingerprint density at radius 3 is 2.37 bits per heavy atom. The van der Waals surface area contributed by atoms with E-state index in [1.165, 1.54) is 24.3 Å². The topological polar surface area (TPSA) is 154 Å². The summed E-state index contributed by atoms with van der Waals surface area (Å²) in [5, 5.41) is 49.1. The normalized spacial score (nSPS) is 28.1. The van der Waals surface area contributed by atoms with Gasteiger partial charge >= 0.3 is 11.9 Å². The molecule has 1 aliphatic carbocycles. The summed E-state index contributed by atoms with van der Waals surface area (Å²) in [4.78, 5) is 23.7. The number of carbonyl (C=O) groups excluding carboxylic acids is 2. The van der Waals surface area contributed by atoms with Crippen LogP contribution in [-0.4, -0.2) is 68.0 Å². The molecule has 0 radical (unpaired) electrons. The molecule has 0 aromatic heterocycles. The number of phenols is 2. The molecule has 2 rings (SSSR count). The molecule has 2 atom stereocenters. The van der Waals surface area contributed by atoms with Crippen LogP contribution in [-0.2, 0) is 19.1 Å². The lowest BCUT2D eigenvalue weighted by molar-refractivity contribution is -0.199. The molecular formula is C18H22O9. The molecule has 1 aliphatic rings. The van der Waals surface area contributed by atoms with Gasteiger partial charge < -0.3 is 35.0 Å². The molecule has 27 heavy (non-hydrogen) atoms. The quantitative estimate of drug-likeness (QED) is 0.265. The molecule has 0 bridgehead atoms. The number of aliphatic hydroxyl groups is 3. The van der Waals surface area contributed by atoms with Crippen LogP contribution in [0, 0.1) is 0 Å². The maximum absolute atomic E-state index is 11.9. The molecule has 0 aliphatic heterocycles. The third-order valence-corrected chi connectivity index (χ3v) is 4.17. The zero-order valence-electron chi connectivity index (χ0n) is 14.6. The van der Waals surface area contributed by atoms with Crippen molar-refractivity contribution in [1.82, 2.24) is 0 Å². The second-order valence-corrected chi connectivity index (χ2v) is 6.28. The summed E-state index contributed by atoms with van der Waals surface area (Å²) in [6.45, 7) is 1.59. The first-order valence-corrected chi connectivity index (χ1v) is 8.32. The van der Waals surface area contributed by atoms with Crippen LogP contribution in [0.5, 0.6) is 11.5 Å². The number of hydrogen-bond donors (Lipinski definition) is 5. The standard InChI is InChI=1S/C18H22O9/c1-2-26-17(24)18(25)8-13(21)16(14(22)9-18)27-15(23)6-4-10-3-5-11(19)12(20)7-10/h3-7,13-14,16,19-22,25H,2,8-9H2,1H3/b6-4+/t13-,14-,16?,18?/m1/s1. The molecule has 0 unspecified atom stereocenters. The summed E-state index contributed by atoms with van der Waals surface area (Å²) < 4.78 is 9.76. The minimum atomic E-state index is -2.06. The fourth-order valence-electron chi connectivity index (χ4n) is 2.84. The van der Waals surface area contributed by atoms with Gasteiger partial charge in [0.05, 0.1) is 18.8 Å². The molecule has 0 amide bonds. The van der Waals surface area contributed by atoms with E-state index >= 15 is 0 Å². The number of carbonyl (C=O) groups is 2. The molecular weight excluding hydrogens is 360 g/mol. The molecule has 1 aromatic carbocycles. The minimum Gasteiger partial charge on any atom is -0.504 e. The van der Waals surface area contributed by atoms with E-state index in [0.717, 1.165) is 6.08 Å². The number of aliphatic hydroxyl groups excluding tert-OH is 2. The van der Waals surface area contributed by atoms with Crippen molar-refractivity contribution in [3.8, 4) is 11.5 Å². The van der Waals surface area contributed by atoms with Gasteiger partial charge in [-0.15, -0.1) is 0 Å². The highest BCUT2D eigenvalue weighted by Gasteiger charge is 2.51. The van der Waals surface area contributed by atoms with Gasteiger partial charge in [0.25, 0.3) is 0 Å². The van der Waals surface area contributed by atoms with E-state index in [0.29, 0.717) is 5.56 Å². The van der Waals surface area contributed by atoms with Crippen molar-refractivity contribution in [2.75, 3.05) is 6.61 Å². The lowest BCUT2D eigenvalue weighted by atomic mass is 9.79. The third-order valence-electron chi connectivity index (χ3n) is 4.17. The van der Waals surface area contributed by atoms with Crippen molar-refractivity contribution in [2.45, 2.75) is 43.7 Å². The lowest BCUT2D eigenvalue weighted by Gasteiger charge is -2.39. The monoisotopic (exact) mass is 382 g/mol. The third kappa shape index (κ3) is 4.97. The highest BCUT2D eigenvalue weighted by atomic mass is 16.6. The fraction of sp³-hybridized carbons (Fsp3) is 0.444. The number of ether oxygens (including phenoxy) is 2. The van der Waals surface area contributed by atoms with Crippen molar-refractivity contribution >= 4 is 18.0 Å².